The van der Waals surface area contributed by atoms with E-state index >= 15 is 0 Å². The van der Waals surface area contributed by atoms with E-state index in [0.29, 0.717) is 0 Å². The Hall–Kier alpha value is -0.820. The minimum Gasteiger partial charge on any atom is -0.194 e. The topological polar surface area (TPSA) is 0 Å². The van der Waals surface area contributed by atoms with Gasteiger partial charge in [-0.15, -0.1) is 0 Å². The molecule has 1 aromatic rings. The maximum atomic E-state index is 12.0. The summed E-state index contributed by atoms with van der Waals surface area (Å²) in [5.41, 5.74) is 0.773. The first-order valence-corrected chi connectivity index (χ1v) is 3.24. The van der Waals surface area contributed by atoms with Crippen molar-refractivity contribution in [2.75, 3.05) is 0 Å². The van der Waals surface area contributed by atoms with Crippen molar-refractivity contribution in [3.8, 4) is 0 Å². The molecule has 0 aliphatic heterocycles. The van der Waals surface area contributed by atoms with Crippen LogP contribution in [0.2, 0.25) is 0 Å². The van der Waals surface area contributed by atoms with Crippen LogP contribution in [-0.2, 0) is 0 Å². The molecule has 1 aromatic carbocycles. The molecule has 0 heterocycles. The third-order valence-electron chi connectivity index (χ3n) is 1.08. The van der Waals surface area contributed by atoms with Crippen LogP contribution in [0.15, 0.2) is 35.6 Å². The Bertz CT molecular complexity index is 224. The number of hydrogen-bond acceptors (Lipinski definition) is 0. The Morgan fingerprint density at radius 2 is 1.90 bits per heavy atom. The van der Waals surface area contributed by atoms with Crippen LogP contribution in [0.1, 0.15) is 5.56 Å². The lowest BCUT2D eigenvalue weighted by Gasteiger charge is -1.88. The molecule has 2 heteroatoms. The van der Waals surface area contributed by atoms with Crippen molar-refractivity contribution in [1.29, 1.82) is 0 Å². The first kappa shape index (κ1) is 7.29. The Labute approximate surface area is 63.9 Å². The summed E-state index contributed by atoms with van der Waals surface area (Å²) in [7, 11) is 0. The standard InChI is InChI=1S/C8H6ClF/c9-8(10)6-7-4-2-1-3-5-7/h1-6H/b8-6-. The summed E-state index contributed by atoms with van der Waals surface area (Å²) in [5.74, 6) is 0. The van der Waals surface area contributed by atoms with E-state index in [2.05, 4.69) is 0 Å². The summed E-state index contributed by atoms with van der Waals surface area (Å²) < 4.78 is 12.0. The third-order valence-corrected chi connectivity index (χ3v) is 1.18. The van der Waals surface area contributed by atoms with Gasteiger partial charge in [0.2, 0.25) is 0 Å². The fourth-order valence-corrected chi connectivity index (χ4v) is 0.801. The van der Waals surface area contributed by atoms with Crippen LogP contribution >= 0.6 is 11.6 Å². The molecule has 0 aliphatic rings. The van der Waals surface area contributed by atoms with Crippen LogP contribution in [0.4, 0.5) is 4.39 Å². The van der Waals surface area contributed by atoms with Gasteiger partial charge in [-0.25, -0.2) is 0 Å². The summed E-state index contributed by atoms with van der Waals surface area (Å²) in [4.78, 5) is 0. The second kappa shape index (κ2) is 3.37. The molecule has 52 valence electrons. The predicted octanol–water partition coefficient (Wildman–Crippen LogP) is 3.19. The highest BCUT2D eigenvalue weighted by atomic mass is 35.5. The lowest BCUT2D eigenvalue weighted by molar-refractivity contribution is 0.702. The molecule has 0 saturated heterocycles. The quantitative estimate of drug-likeness (QED) is 0.586. The molecule has 0 fully saturated rings. The zero-order valence-corrected chi connectivity index (χ0v) is 5.98. The van der Waals surface area contributed by atoms with E-state index in [1.165, 1.54) is 6.08 Å². The maximum absolute atomic E-state index is 12.0. The van der Waals surface area contributed by atoms with Crippen LogP contribution in [0, 0.1) is 0 Å². The molecule has 0 bridgehead atoms. The van der Waals surface area contributed by atoms with Gasteiger partial charge in [-0.1, -0.05) is 41.9 Å². The molecule has 0 unspecified atom stereocenters. The third kappa shape index (κ3) is 2.19. The summed E-state index contributed by atoms with van der Waals surface area (Å²) in [6.07, 6.45) is 1.27. The fraction of sp³-hybridized carbons (Fsp3) is 0. The van der Waals surface area contributed by atoms with Crippen molar-refractivity contribution in [1.82, 2.24) is 0 Å². The molecule has 0 atom stereocenters. The molecular weight excluding hydrogens is 151 g/mol. The largest absolute Gasteiger partial charge is 0.194 e. The van der Waals surface area contributed by atoms with Gasteiger partial charge in [0.05, 0.1) is 0 Å². The number of rotatable bonds is 1. The van der Waals surface area contributed by atoms with Gasteiger partial charge >= 0.3 is 0 Å². The Balaban J connectivity index is 2.87. The summed E-state index contributed by atoms with van der Waals surface area (Å²) in [6, 6.07) is 9.07. The molecule has 0 radical (unpaired) electrons. The maximum Gasteiger partial charge on any atom is 0.189 e. The Morgan fingerprint density at radius 3 is 2.40 bits per heavy atom. The molecule has 0 spiro atoms. The molecule has 1 rings (SSSR count). The monoisotopic (exact) mass is 156 g/mol. The molecule has 0 aliphatic carbocycles. The van der Waals surface area contributed by atoms with E-state index in [0.717, 1.165) is 5.56 Å². The van der Waals surface area contributed by atoms with Gasteiger partial charge in [0.1, 0.15) is 0 Å². The smallest absolute Gasteiger partial charge is 0.189 e. The lowest BCUT2D eigenvalue weighted by atomic mass is 10.2. The van der Waals surface area contributed by atoms with Crippen LogP contribution in [0.3, 0.4) is 0 Å². The van der Waals surface area contributed by atoms with Crippen molar-refractivity contribution in [2.45, 2.75) is 0 Å². The van der Waals surface area contributed by atoms with E-state index in [4.69, 9.17) is 11.6 Å². The van der Waals surface area contributed by atoms with Crippen LogP contribution in [0.5, 0.6) is 0 Å². The van der Waals surface area contributed by atoms with Crippen LogP contribution in [-0.4, -0.2) is 0 Å². The first-order chi connectivity index (χ1) is 4.79. The average molecular weight is 157 g/mol. The Morgan fingerprint density at radius 1 is 1.30 bits per heavy atom. The lowest BCUT2D eigenvalue weighted by Crippen LogP contribution is -1.67. The first-order valence-electron chi connectivity index (χ1n) is 2.87. The second-order valence-electron chi connectivity index (χ2n) is 1.84. The fourth-order valence-electron chi connectivity index (χ4n) is 0.675. The van der Waals surface area contributed by atoms with Gasteiger partial charge in [0.15, 0.2) is 5.29 Å². The molecule has 0 aromatic heterocycles. The highest BCUT2D eigenvalue weighted by molar-refractivity contribution is 6.30. The van der Waals surface area contributed by atoms with E-state index in [-0.39, 0.29) is 0 Å². The molecule has 0 amide bonds. The van der Waals surface area contributed by atoms with E-state index in [9.17, 15) is 4.39 Å². The van der Waals surface area contributed by atoms with Gasteiger partial charge in [0.25, 0.3) is 0 Å². The molecule has 0 N–H and O–H groups in total. The van der Waals surface area contributed by atoms with Crippen LogP contribution in [0.25, 0.3) is 6.08 Å². The molecule has 0 nitrogen and oxygen atoms in total. The average Bonchev–Trinajstić information content (AvgIpc) is 1.88. The van der Waals surface area contributed by atoms with E-state index < -0.39 is 5.29 Å². The van der Waals surface area contributed by atoms with Gasteiger partial charge in [-0.05, 0) is 11.6 Å². The van der Waals surface area contributed by atoms with E-state index in [1.54, 1.807) is 12.1 Å². The van der Waals surface area contributed by atoms with Gasteiger partial charge in [-0.2, -0.15) is 4.39 Å². The van der Waals surface area contributed by atoms with Crippen LogP contribution < -0.4 is 0 Å². The SMILES string of the molecule is F/C(Cl)=C\c1ccccc1. The number of hydrogen-bond donors (Lipinski definition) is 0. The Kier molecular flexibility index (Phi) is 2.46. The minimum atomic E-state index is -0.689. The van der Waals surface area contributed by atoms with Crippen molar-refractivity contribution in [2.24, 2.45) is 0 Å². The van der Waals surface area contributed by atoms with Gasteiger partial charge < -0.3 is 0 Å². The minimum absolute atomic E-state index is 0.689. The predicted molar refractivity (Wildman–Crippen MR) is 41.4 cm³/mol. The van der Waals surface area contributed by atoms with Gasteiger partial charge in [0, 0.05) is 0 Å². The zero-order chi connectivity index (χ0) is 7.40. The van der Waals surface area contributed by atoms with E-state index in [1.807, 2.05) is 18.2 Å². The molecular formula is C8H6ClF. The molecule has 0 saturated carbocycles. The second-order valence-corrected chi connectivity index (χ2v) is 2.21. The summed E-state index contributed by atoms with van der Waals surface area (Å²) in [5, 5.41) is -0.689. The highest BCUT2D eigenvalue weighted by Gasteiger charge is 1.86. The zero-order valence-electron chi connectivity index (χ0n) is 5.22. The molecule has 10 heavy (non-hydrogen) atoms. The van der Waals surface area contributed by atoms with Gasteiger partial charge in [-0.3, -0.25) is 0 Å². The highest BCUT2D eigenvalue weighted by Crippen LogP contribution is 2.09. The summed E-state index contributed by atoms with van der Waals surface area (Å²) >= 11 is 5.01. The van der Waals surface area contributed by atoms with Crippen molar-refractivity contribution in [3.05, 3.63) is 41.2 Å². The normalized spacial score (nSPS) is 11.6. The van der Waals surface area contributed by atoms with Crippen molar-refractivity contribution >= 4 is 17.7 Å². The number of benzene rings is 1. The summed E-state index contributed by atoms with van der Waals surface area (Å²) in [6.45, 7) is 0. The van der Waals surface area contributed by atoms with Crippen molar-refractivity contribution in [3.63, 3.8) is 0 Å². The van der Waals surface area contributed by atoms with Crippen molar-refractivity contribution < 1.29 is 4.39 Å². The number of halogens is 2.